The fourth-order valence-electron chi connectivity index (χ4n) is 0.906. The Balaban J connectivity index is 4.36. The minimum atomic E-state index is -1.66. The molecule has 2 nitrogen and oxygen atoms in total. The molecule has 0 aromatic carbocycles. The van der Waals surface area contributed by atoms with E-state index in [4.69, 9.17) is 9.53 Å². The van der Waals surface area contributed by atoms with Crippen LogP contribution in [0.2, 0.25) is 18.1 Å². The first-order valence-electron chi connectivity index (χ1n) is 5.40. The van der Waals surface area contributed by atoms with Crippen molar-refractivity contribution in [2.45, 2.75) is 58.9 Å². The summed E-state index contributed by atoms with van der Waals surface area (Å²) in [6.45, 7) is 15.5. The second-order valence-electron chi connectivity index (χ2n) is 5.74. The second kappa shape index (κ2) is 4.77. The largest absolute Gasteiger partial charge is 0.414 e. The van der Waals surface area contributed by atoms with Crippen molar-refractivity contribution >= 4 is 8.32 Å². The molecule has 86 valence electrons. The Morgan fingerprint density at radius 2 is 1.64 bits per heavy atom. The van der Waals surface area contributed by atoms with E-state index >= 15 is 0 Å². The van der Waals surface area contributed by atoms with E-state index in [0.29, 0.717) is 0 Å². The molecule has 14 heavy (non-hydrogen) atoms. The van der Waals surface area contributed by atoms with Crippen molar-refractivity contribution in [3.05, 3.63) is 0 Å². The number of aliphatic hydroxyl groups excluding tert-OH is 1. The van der Waals surface area contributed by atoms with Crippen LogP contribution in [0, 0.1) is 5.92 Å². The van der Waals surface area contributed by atoms with Crippen LogP contribution in [0.15, 0.2) is 0 Å². The van der Waals surface area contributed by atoms with E-state index in [9.17, 15) is 0 Å². The average Bonchev–Trinajstić information content (AvgIpc) is 2.00. The van der Waals surface area contributed by atoms with Crippen LogP contribution in [-0.2, 0) is 4.43 Å². The quantitative estimate of drug-likeness (QED) is 0.735. The molecule has 0 saturated carbocycles. The van der Waals surface area contributed by atoms with Gasteiger partial charge < -0.3 is 9.53 Å². The molecule has 0 heterocycles. The lowest BCUT2D eigenvalue weighted by atomic mass is 10.1. The zero-order valence-corrected chi connectivity index (χ0v) is 11.7. The minimum Gasteiger partial charge on any atom is -0.414 e. The van der Waals surface area contributed by atoms with E-state index in [0.717, 1.165) is 0 Å². The summed E-state index contributed by atoms with van der Waals surface area (Å²) in [4.78, 5) is 0. The minimum absolute atomic E-state index is 0.154. The number of hydrogen-bond acceptors (Lipinski definition) is 2. The van der Waals surface area contributed by atoms with E-state index in [1.165, 1.54) is 0 Å². The maximum atomic E-state index is 9.04. The summed E-state index contributed by atoms with van der Waals surface area (Å²) in [7, 11) is -1.66. The van der Waals surface area contributed by atoms with Gasteiger partial charge in [-0.15, -0.1) is 0 Å². The van der Waals surface area contributed by atoms with E-state index in [-0.39, 0.29) is 23.7 Å². The van der Waals surface area contributed by atoms with Gasteiger partial charge in [-0.3, -0.25) is 0 Å². The van der Waals surface area contributed by atoms with Crippen LogP contribution in [0.4, 0.5) is 0 Å². The molecular formula is C11H26O2Si. The molecule has 0 aliphatic carbocycles. The van der Waals surface area contributed by atoms with Crippen LogP contribution in [0.3, 0.4) is 0 Å². The molecule has 1 N–H and O–H groups in total. The molecule has 0 spiro atoms. The Morgan fingerprint density at radius 3 is 1.93 bits per heavy atom. The van der Waals surface area contributed by atoms with Gasteiger partial charge in [0.1, 0.15) is 0 Å². The summed E-state index contributed by atoms with van der Waals surface area (Å²) in [6.07, 6.45) is 0.154. The number of hydrogen-bond donors (Lipinski definition) is 1. The first-order chi connectivity index (χ1) is 6.12. The Labute approximate surface area is 89.8 Å². The van der Waals surface area contributed by atoms with Gasteiger partial charge >= 0.3 is 0 Å². The molecule has 1 unspecified atom stereocenters. The fraction of sp³-hybridized carbons (Fsp3) is 1.00. The smallest absolute Gasteiger partial charge is 0.192 e. The Kier molecular flexibility index (Phi) is 4.82. The lowest BCUT2D eigenvalue weighted by molar-refractivity contribution is 0.0984. The van der Waals surface area contributed by atoms with Gasteiger partial charge in [-0.1, -0.05) is 27.7 Å². The third-order valence-electron chi connectivity index (χ3n) is 3.38. The van der Waals surface area contributed by atoms with Crippen molar-refractivity contribution < 1.29 is 9.53 Å². The maximum Gasteiger partial charge on any atom is 0.192 e. The molecule has 0 aliphatic rings. The Hall–Kier alpha value is 0.137. The van der Waals surface area contributed by atoms with Gasteiger partial charge in [0, 0.05) is 18.6 Å². The van der Waals surface area contributed by atoms with Crippen molar-refractivity contribution in [1.82, 2.24) is 0 Å². The molecular weight excluding hydrogens is 192 g/mol. The monoisotopic (exact) mass is 218 g/mol. The van der Waals surface area contributed by atoms with Crippen LogP contribution in [0.5, 0.6) is 0 Å². The van der Waals surface area contributed by atoms with E-state index in [1.54, 1.807) is 0 Å². The predicted molar refractivity (Wildman–Crippen MR) is 64.0 cm³/mol. The van der Waals surface area contributed by atoms with Gasteiger partial charge in [0.2, 0.25) is 0 Å². The molecule has 2 atom stereocenters. The number of aliphatic hydroxyl groups is 1. The third kappa shape index (κ3) is 3.71. The van der Waals surface area contributed by atoms with Gasteiger partial charge in [0.15, 0.2) is 8.32 Å². The van der Waals surface area contributed by atoms with Crippen molar-refractivity contribution in [3.63, 3.8) is 0 Å². The molecule has 0 bridgehead atoms. The molecule has 0 aliphatic heterocycles. The molecule has 0 rings (SSSR count). The number of rotatable bonds is 4. The van der Waals surface area contributed by atoms with E-state index in [2.05, 4.69) is 40.8 Å². The zero-order valence-electron chi connectivity index (χ0n) is 10.7. The second-order valence-corrected chi connectivity index (χ2v) is 10.5. The van der Waals surface area contributed by atoms with Crippen LogP contribution >= 0.6 is 0 Å². The normalized spacial score (nSPS) is 18.0. The molecule has 0 saturated heterocycles. The molecule has 0 amide bonds. The van der Waals surface area contributed by atoms with Crippen LogP contribution in [0.1, 0.15) is 34.6 Å². The molecule has 0 aromatic rings. The van der Waals surface area contributed by atoms with Crippen LogP contribution in [-0.4, -0.2) is 26.1 Å². The summed E-state index contributed by atoms with van der Waals surface area (Å²) in [5, 5.41) is 9.29. The summed E-state index contributed by atoms with van der Waals surface area (Å²) in [6, 6.07) is 0. The Morgan fingerprint density at radius 1 is 1.21 bits per heavy atom. The maximum absolute atomic E-state index is 9.04. The lowest BCUT2D eigenvalue weighted by Crippen LogP contribution is -2.45. The first kappa shape index (κ1) is 14.1. The fourth-order valence-corrected chi connectivity index (χ4v) is 2.42. The summed E-state index contributed by atoms with van der Waals surface area (Å²) < 4.78 is 6.13. The van der Waals surface area contributed by atoms with Crippen molar-refractivity contribution in [1.29, 1.82) is 0 Å². The SMILES string of the molecule is CC(CO)[C@@H](C)O[Si](C)(C)C(C)(C)C. The van der Waals surface area contributed by atoms with Gasteiger partial charge in [-0.05, 0) is 25.1 Å². The highest BCUT2D eigenvalue weighted by molar-refractivity contribution is 6.74. The first-order valence-corrected chi connectivity index (χ1v) is 8.31. The predicted octanol–water partition coefficient (Wildman–Crippen LogP) is 3.03. The average molecular weight is 218 g/mol. The van der Waals surface area contributed by atoms with Gasteiger partial charge in [-0.25, -0.2) is 0 Å². The topological polar surface area (TPSA) is 29.5 Å². The van der Waals surface area contributed by atoms with Crippen molar-refractivity contribution in [2.24, 2.45) is 5.92 Å². The van der Waals surface area contributed by atoms with Gasteiger partial charge in [-0.2, -0.15) is 0 Å². The van der Waals surface area contributed by atoms with Crippen molar-refractivity contribution in [2.75, 3.05) is 6.61 Å². The van der Waals surface area contributed by atoms with E-state index in [1.807, 2.05) is 6.92 Å². The Bertz CT molecular complexity index is 173. The van der Waals surface area contributed by atoms with Crippen LogP contribution in [0.25, 0.3) is 0 Å². The molecule has 0 fully saturated rings. The summed E-state index contributed by atoms with van der Waals surface area (Å²) in [5.41, 5.74) is 0. The third-order valence-corrected chi connectivity index (χ3v) is 7.95. The summed E-state index contributed by atoms with van der Waals surface area (Å²) >= 11 is 0. The van der Waals surface area contributed by atoms with Crippen LogP contribution < -0.4 is 0 Å². The van der Waals surface area contributed by atoms with Gasteiger partial charge in [0.25, 0.3) is 0 Å². The highest BCUT2D eigenvalue weighted by Crippen LogP contribution is 2.37. The summed E-state index contributed by atoms with van der Waals surface area (Å²) in [5.74, 6) is 0.226. The standard InChI is InChI=1S/C11H26O2Si/c1-9(8-12)10(2)13-14(6,7)11(3,4)5/h9-10,12H,8H2,1-7H3/t9?,10-/m1/s1. The highest BCUT2D eigenvalue weighted by Gasteiger charge is 2.38. The zero-order chi connectivity index (χ0) is 11.6. The molecule has 0 aromatic heterocycles. The lowest BCUT2D eigenvalue weighted by Gasteiger charge is -2.39. The molecule has 0 radical (unpaired) electrons. The van der Waals surface area contributed by atoms with Gasteiger partial charge in [0.05, 0.1) is 0 Å². The highest BCUT2D eigenvalue weighted by atomic mass is 28.4. The molecule has 3 heteroatoms. The van der Waals surface area contributed by atoms with E-state index < -0.39 is 8.32 Å². The van der Waals surface area contributed by atoms with Crippen molar-refractivity contribution in [3.8, 4) is 0 Å².